The lowest BCUT2D eigenvalue weighted by Gasteiger charge is -2.10. The predicted octanol–water partition coefficient (Wildman–Crippen LogP) is 1.26. The first-order valence-corrected chi connectivity index (χ1v) is 6.49. The molecule has 6 heteroatoms. The van der Waals surface area contributed by atoms with Gasteiger partial charge in [0.05, 0.1) is 17.9 Å². The summed E-state index contributed by atoms with van der Waals surface area (Å²) in [5, 5.41) is 6.77. The summed E-state index contributed by atoms with van der Waals surface area (Å²) < 4.78 is 9.46. The zero-order valence-corrected chi connectivity index (χ0v) is 10.9. The van der Waals surface area contributed by atoms with Crippen LogP contribution in [0, 0.1) is 12.8 Å². The van der Waals surface area contributed by atoms with Gasteiger partial charge in [0.25, 0.3) is 5.91 Å². The third-order valence-corrected chi connectivity index (χ3v) is 3.85. The molecule has 1 aliphatic rings. The van der Waals surface area contributed by atoms with Crippen LogP contribution in [0.1, 0.15) is 22.5 Å². The molecule has 0 spiro atoms. The number of carbonyl (C=O) groups excluding carboxylic acids is 1. The van der Waals surface area contributed by atoms with Gasteiger partial charge in [-0.25, -0.2) is 0 Å². The molecule has 1 amide bonds. The summed E-state index contributed by atoms with van der Waals surface area (Å²) >= 11 is 1.32. The maximum atomic E-state index is 12.0. The number of hydrogen-bond acceptors (Lipinski definition) is 5. The van der Waals surface area contributed by atoms with E-state index in [9.17, 15) is 4.79 Å². The lowest BCUT2D eigenvalue weighted by Crippen LogP contribution is -2.30. The van der Waals surface area contributed by atoms with E-state index < -0.39 is 0 Å². The zero-order chi connectivity index (χ0) is 12.3. The van der Waals surface area contributed by atoms with Crippen molar-refractivity contribution in [1.82, 2.24) is 9.69 Å². The highest BCUT2D eigenvalue weighted by Crippen LogP contribution is 2.23. The van der Waals surface area contributed by atoms with Crippen LogP contribution in [0.4, 0.5) is 5.00 Å². The van der Waals surface area contributed by atoms with E-state index in [0.717, 1.165) is 30.3 Å². The van der Waals surface area contributed by atoms with Crippen LogP contribution in [0.15, 0.2) is 0 Å². The minimum absolute atomic E-state index is 0.0486. The molecule has 2 heterocycles. The van der Waals surface area contributed by atoms with Gasteiger partial charge < -0.3 is 15.4 Å². The molecule has 0 aromatic carbocycles. The van der Waals surface area contributed by atoms with Crippen LogP contribution < -0.4 is 10.6 Å². The Labute approximate surface area is 105 Å². The predicted molar refractivity (Wildman–Crippen MR) is 67.7 cm³/mol. The fourth-order valence-electron chi connectivity index (χ4n) is 1.88. The van der Waals surface area contributed by atoms with Crippen molar-refractivity contribution in [2.24, 2.45) is 5.92 Å². The minimum Gasteiger partial charge on any atom is -0.381 e. The Bertz CT molecular complexity index is 399. The number of ether oxygens (including phenoxy) is 1. The van der Waals surface area contributed by atoms with E-state index in [1.54, 1.807) is 7.05 Å². The Morgan fingerprint density at radius 3 is 3.12 bits per heavy atom. The van der Waals surface area contributed by atoms with Crippen molar-refractivity contribution in [1.29, 1.82) is 0 Å². The summed E-state index contributed by atoms with van der Waals surface area (Å²) in [5.41, 5.74) is 1.44. The molecule has 0 saturated carbocycles. The molecular weight excluding hydrogens is 238 g/mol. The number of aryl methyl sites for hydroxylation is 1. The maximum Gasteiger partial charge on any atom is 0.256 e. The van der Waals surface area contributed by atoms with Crippen LogP contribution >= 0.6 is 11.5 Å². The summed E-state index contributed by atoms with van der Waals surface area (Å²) in [7, 11) is 1.80. The Morgan fingerprint density at radius 1 is 1.65 bits per heavy atom. The molecule has 17 heavy (non-hydrogen) atoms. The average molecular weight is 255 g/mol. The van der Waals surface area contributed by atoms with Gasteiger partial charge in [-0.1, -0.05) is 0 Å². The largest absolute Gasteiger partial charge is 0.381 e. The van der Waals surface area contributed by atoms with Gasteiger partial charge in [0.15, 0.2) is 0 Å². The standard InChI is InChI=1S/C11H17N3O2S/c1-7-9(11(12-2)17-14-7)10(15)13-5-8-3-4-16-6-8/h8,12H,3-6H2,1-2H3,(H,13,15). The number of rotatable bonds is 4. The second-order valence-electron chi connectivity index (χ2n) is 4.16. The van der Waals surface area contributed by atoms with Crippen molar-refractivity contribution in [2.75, 3.05) is 32.1 Å². The third-order valence-electron chi connectivity index (χ3n) is 2.89. The monoisotopic (exact) mass is 255 g/mol. The molecule has 5 nitrogen and oxygen atoms in total. The molecule has 2 rings (SSSR count). The second kappa shape index (κ2) is 5.46. The van der Waals surface area contributed by atoms with E-state index >= 15 is 0 Å². The molecule has 2 N–H and O–H groups in total. The molecular formula is C11H17N3O2S. The lowest BCUT2D eigenvalue weighted by atomic mass is 10.1. The van der Waals surface area contributed by atoms with Crippen LogP contribution in [-0.4, -0.2) is 37.1 Å². The highest BCUT2D eigenvalue weighted by Gasteiger charge is 2.20. The van der Waals surface area contributed by atoms with Crippen LogP contribution in [0.3, 0.4) is 0 Å². The third kappa shape index (κ3) is 2.76. The SMILES string of the molecule is CNc1snc(C)c1C(=O)NCC1CCOC1. The smallest absolute Gasteiger partial charge is 0.256 e. The van der Waals surface area contributed by atoms with Gasteiger partial charge in [0.1, 0.15) is 5.00 Å². The summed E-state index contributed by atoms with van der Waals surface area (Å²) in [6, 6.07) is 0. The molecule has 0 bridgehead atoms. The average Bonchev–Trinajstić information content (AvgIpc) is 2.94. The number of nitrogens with zero attached hydrogens (tertiary/aromatic N) is 1. The van der Waals surface area contributed by atoms with Crippen LogP contribution in [0.25, 0.3) is 0 Å². The molecule has 1 aromatic heterocycles. The highest BCUT2D eigenvalue weighted by molar-refractivity contribution is 7.10. The Kier molecular flexibility index (Phi) is 3.96. The van der Waals surface area contributed by atoms with E-state index in [1.807, 2.05) is 6.92 Å². The van der Waals surface area contributed by atoms with Gasteiger partial charge in [-0.05, 0) is 24.9 Å². The van der Waals surface area contributed by atoms with E-state index in [4.69, 9.17) is 4.74 Å². The van der Waals surface area contributed by atoms with Crippen molar-refractivity contribution in [2.45, 2.75) is 13.3 Å². The first kappa shape index (κ1) is 12.3. The Morgan fingerprint density at radius 2 is 2.47 bits per heavy atom. The van der Waals surface area contributed by atoms with Crippen molar-refractivity contribution in [3.05, 3.63) is 11.3 Å². The van der Waals surface area contributed by atoms with Crippen molar-refractivity contribution in [3.63, 3.8) is 0 Å². The number of nitrogens with one attached hydrogen (secondary N) is 2. The number of carbonyl (C=O) groups is 1. The van der Waals surface area contributed by atoms with Gasteiger partial charge >= 0.3 is 0 Å². The first-order valence-electron chi connectivity index (χ1n) is 5.72. The maximum absolute atomic E-state index is 12.0. The van der Waals surface area contributed by atoms with Crippen LogP contribution in [-0.2, 0) is 4.74 Å². The first-order chi connectivity index (χ1) is 8.22. The van der Waals surface area contributed by atoms with E-state index in [-0.39, 0.29) is 5.91 Å². The fraction of sp³-hybridized carbons (Fsp3) is 0.636. The van der Waals surface area contributed by atoms with E-state index in [0.29, 0.717) is 18.0 Å². The molecule has 1 unspecified atom stereocenters. The topological polar surface area (TPSA) is 63.2 Å². The van der Waals surface area contributed by atoms with Crippen LogP contribution in [0.2, 0.25) is 0 Å². The van der Waals surface area contributed by atoms with Gasteiger partial charge in [-0.15, -0.1) is 0 Å². The van der Waals surface area contributed by atoms with Gasteiger partial charge in [0.2, 0.25) is 0 Å². The number of aromatic nitrogens is 1. The summed E-state index contributed by atoms with van der Waals surface area (Å²) in [6.07, 6.45) is 1.03. The normalized spacial score (nSPS) is 19.3. The molecule has 1 saturated heterocycles. The van der Waals surface area contributed by atoms with Gasteiger partial charge in [-0.2, -0.15) is 4.37 Å². The van der Waals surface area contributed by atoms with Gasteiger partial charge in [-0.3, -0.25) is 4.79 Å². The molecule has 0 radical (unpaired) electrons. The summed E-state index contributed by atoms with van der Waals surface area (Å²) in [4.78, 5) is 12.0. The number of amides is 1. The Balaban J connectivity index is 1.96. The minimum atomic E-state index is -0.0486. The molecule has 0 aliphatic carbocycles. The van der Waals surface area contributed by atoms with E-state index in [1.165, 1.54) is 11.5 Å². The van der Waals surface area contributed by atoms with Crippen molar-refractivity contribution < 1.29 is 9.53 Å². The summed E-state index contributed by atoms with van der Waals surface area (Å²) in [5.74, 6) is 0.399. The quantitative estimate of drug-likeness (QED) is 0.850. The van der Waals surface area contributed by atoms with Crippen molar-refractivity contribution >= 4 is 22.4 Å². The number of hydrogen-bond donors (Lipinski definition) is 2. The molecule has 1 aliphatic heterocycles. The highest BCUT2D eigenvalue weighted by atomic mass is 32.1. The fourth-order valence-corrected chi connectivity index (χ4v) is 2.62. The molecule has 1 aromatic rings. The molecule has 94 valence electrons. The Hall–Kier alpha value is -1.14. The van der Waals surface area contributed by atoms with Gasteiger partial charge in [0, 0.05) is 26.1 Å². The van der Waals surface area contributed by atoms with Crippen LogP contribution in [0.5, 0.6) is 0 Å². The summed E-state index contributed by atoms with van der Waals surface area (Å²) in [6.45, 7) is 4.09. The van der Waals surface area contributed by atoms with E-state index in [2.05, 4.69) is 15.0 Å². The zero-order valence-electron chi connectivity index (χ0n) is 10.1. The lowest BCUT2D eigenvalue weighted by molar-refractivity contribution is 0.0945. The molecule has 1 atom stereocenters. The molecule has 1 fully saturated rings. The van der Waals surface area contributed by atoms with Crippen molar-refractivity contribution in [3.8, 4) is 0 Å². The second-order valence-corrected chi connectivity index (χ2v) is 4.94. The number of anilines is 1.